The highest BCUT2D eigenvalue weighted by Crippen LogP contribution is 2.15. The molecule has 1 heterocycles. The van der Waals surface area contributed by atoms with Crippen LogP contribution in [0.2, 0.25) is 0 Å². The molecule has 1 aliphatic heterocycles. The first kappa shape index (κ1) is 15.4. The molecule has 1 fully saturated rings. The number of carbonyl (C=O) groups excluding carboxylic acids is 1. The third kappa shape index (κ3) is 5.83. The van der Waals surface area contributed by atoms with Crippen molar-refractivity contribution in [3.8, 4) is 0 Å². The monoisotopic (exact) mass is 255 g/mol. The van der Waals surface area contributed by atoms with Crippen LogP contribution >= 0.6 is 0 Å². The lowest BCUT2D eigenvalue weighted by atomic mass is 10.2. The second kappa shape index (κ2) is 8.48. The Labute approximate surface area is 111 Å². The Bertz CT molecular complexity index is 243. The van der Waals surface area contributed by atoms with E-state index in [-0.39, 0.29) is 5.91 Å². The van der Waals surface area contributed by atoms with Gasteiger partial charge in [-0.2, -0.15) is 0 Å². The number of carbonyl (C=O) groups is 1. The van der Waals surface area contributed by atoms with Crippen LogP contribution in [-0.4, -0.2) is 49.1 Å². The maximum Gasteiger partial charge on any atom is 0.220 e. The molecule has 1 saturated heterocycles. The zero-order chi connectivity index (χ0) is 13.4. The van der Waals surface area contributed by atoms with Crippen molar-refractivity contribution in [2.45, 2.75) is 58.5 Å². The van der Waals surface area contributed by atoms with Crippen LogP contribution < -0.4 is 10.6 Å². The highest BCUT2D eigenvalue weighted by atomic mass is 16.1. The first-order valence-electron chi connectivity index (χ1n) is 7.37. The maximum atomic E-state index is 11.7. The number of nitrogens with one attached hydrogen (secondary N) is 2. The summed E-state index contributed by atoms with van der Waals surface area (Å²) in [4.78, 5) is 14.1. The Morgan fingerprint density at radius 2 is 2.22 bits per heavy atom. The van der Waals surface area contributed by atoms with Crippen LogP contribution in [0.4, 0.5) is 0 Å². The van der Waals surface area contributed by atoms with Gasteiger partial charge in [-0.15, -0.1) is 0 Å². The Balaban J connectivity index is 2.06. The van der Waals surface area contributed by atoms with Gasteiger partial charge in [0.1, 0.15) is 0 Å². The molecule has 0 aliphatic carbocycles. The van der Waals surface area contributed by atoms with Gasteiger partial charge in [-0.3, -0.25) is 9.69 Å². The molecule has 1 atom stereocenters. The molecule has 0 radical (unpaired) electrons. The first-order chi connectivity index (χ1) is 8.63. The minimum absolute atomic E-state index is 0.198. The minimum atomic E-state index is 0.198. The summed E-state index contributed by atoms with van der Waals surface area (Å²) in [6.07, 6.45) is 4.06. The lowest BCUT2D eigenvalue weighted by Crippen LogP contribution is -2.40. The van der Waals surface area contributed by atoms with Crippen LogP contribution in [-0.2, 0) is 4.79 Å². The van der Waals surface area contributed by atoms with E-state index >= 15 is 0 Å². The third-order valence-electron chi connectivity index (χ3n) is 3.57. The average Bonchev–Trinajstić information content (AvgIpc) is 2.79. The topological polar surface area (TPSA) is 44.4 Å². The third-order valence-corrected chi connectivity index (χ3v) is 3.57. The van der Waals surface area contributed by atoms with Crippen LogP contribution in [0.25, 0.3) is 0 Å². The number of nitrogens with zero attached hydrogens (tertiary/aromatic N) is 1. The zero-order valence-electron chi connectivity index (χ0n) is 12.2. The number of amides is 1. The van der Waals surface area contributed by atoms with E-state index in [9.17, 15) is 4.79 Å². The molecule has 2 N–H and O–H groups in total. The number of hydrogen-bond donors (Lipinski definition) is 2. The Morgan fingerprint density at radius 3 is 2.89 bits per heavy atom. The van der Waals surface area contributed by atoms with Crippen molar-refractivity contribution >= 4 is 5.91 Å². The van der Waals surface area contributed by atoms with Gasteiger partial charge in [0.25, 0.3) is 0 Å². The Hall–Kier alpha value is -0.610. The molecule has 4 nitrogen and oxygen atoms in total. The van der Waals surface area contributed by atoms with Gasteiger partial charge in [0.15, 0.2) is 0 Å². The molecular formula is C14H29N3O. The quantitative estimate of drug-likeness (QED) is 0.644. The van der Waals surface area contributed by atoms with Gasteiger partial charge in [0.05, 0.1) is 0 Å². The summed E-state index contributed by atoms with van der Waals surface area (Å²) in [5.74, 6) is 0.198. The van der Waals surface area contributed by atoms with Crippen molar-refractivity contribution in [3.05, 3.63) is 0 Å². The van der Waals surface area contributed by atoms with E-state index < -0.39 is 0 Å². The van der Waals surface area contributed by atoms with Gasteiger partial charge in [0.2, 0.25) is 5.91 Å². The summed E-state index contributed by atoms with van der Waals surface area (Å²) < 4.78 is 0. The van der Waals surface area contributed by atoms with Gasteiger partial charge in [0, 0.05) is 25.0 Å². The highest BCUT2D eigenvalue weighted by Gasteiger charge is 2.22. The summed E-state index contributed by atoms with van der Waals surface area (Å²) in [5, 5.41) is 6.39. The predicted octanol–water partition coefficient (Wildman–Crippen LogP) is 1.37. The molecular weight excluding hydrogens is 226 g/mol. The van der Waals surface area contributed by atoms with Crippen molar-refractivity contribution in [2.75, 3.05) is 26.2 Å². The van der Waals surface area contributed by atoms with Crippen LogP contribution in [0, 0.1) is 0 Å². The van der Waals surface area contributed by atoms with Crippen LogP contribution in [0.1, 0.15) is 46.5 Å². The van der Waals surface area contributed by atoms with Crippen LogP contribution in [0.3, 0.4) is 0 Å². The van der Waals surface area contributed by atoms with Gasteiger partial charge >= 0.3 is 0 Å². The van der Waals surface area contributed by atoms with Crippen molar-refractivity contribution in [1.82, 2.24) is 15.5 Å². The van der Waals surface area contributed by atoms with Gasteiger partial charge in [-0.25, -0.2) is 0 Å². The van der Waals surface area contributed by atoms with E-state index in [0.29, 0.717) is 18.5 Å². The minimum Gasteiger partial charge on any atom is -0.355 e. The van der Waals surface area contributed by atoms with E-state index in [4.69, 9.17) is 0 Å². The van der Waals surface area contributed by atoms with Crippen LogP contribution in [0.15, 0.2) is 0 Å². The SMILES string of the molecule is CCN1CCCC1CNC(=O)CCCNC(C)C. The molecule has 0 aromatic rings. The summed E-state index contributed by atoms with van der Waals surface area (Å²) in [7, 11) is 0. The normalized spacial score (nSPS) is 20.6. The lowest BCUT2D eigenvalue weighted by Gasteiger charge is -2.22. The number of likely N-dealkylation sites (N-methyl/N-ethyl adjacent to an activating group) is 1. The molecule has 0 aromatic carbocycles. The fourth-order valence-corrected chi connectivity index (χ4v) is 2.50. The highest BCUT2D eigenvalue weighted by molar-refractivity contribution is 5.75. The second-order valence-electron chi connectivity index (χ2n) is 5.44. The van der Waals surface area contributed by atoms with E-state index in [1.165, 1.54) is 19.4 Å². The Morgan fingerprint density at radius 1 is 1.44 bits per heavy atom. The van der Waals surface area contributed by atoms with Gasteiger partial charge in [-0.05, 0) is 38.9 Å². The fraction of sp³-hybridized carbons (Fsp3) is 0.929. The van der Waals surface area contributed by atoms with Crippen molar-refractivity contribution < 1.29 is 4.79 Å². The van der Waals surface area contributed by atoms with E-state index in [2.05, 4.69) is 36.3 Å². The van der Waals surface area contributed by atoms with Crippen molar-refractivity contribution in [3.63, 3.8) is 0 Å². The molecule has 1 rings (SSSR count). The molecule has 0 aromatic heterocycles. The van der Waals surface area contributed by atoms with Crippen molar-refractivity contribution in [2.24, 2.45) is 0 Å². The molecule has 0 saturated carbocycles. The molecule has 18 heavy (non-hydrogen) atoms. The lowest BCUT2D eigenvalue weighted by molar-refractivity contribution is -0.121. The van der Waals surface area contributed by atoms with E-state index in [1.807, 2.05) is 0 Å². The van der Waals surface area contributed by atoms with Gasteiger partial charge in [-0.1, -0.05) is 20.8 Å². The molecule has 1 aliphatic rings. The molecule has 0 spiro atoms. The molecule has 1 unspecified atom stereocenters. The number of likely N-dealkylation sites (tertiary alicyclic amines) is 1. The molecule has 0 bridgehead atoms. The zero-order valence-corrected chi connectivity index (χ0v) is 12.2. The average molecular weight is 255 g/mol. The predicted molar refractivity (Wildman–Crippen MR) is 75.7 cm³/mol. The smallest absolute Gasteiger partial charge is 0.220 e. The number of hydrogen-bond acceptors (Lipinski definition) is 3. The van der Waals surface area contributed by atoms with E-state index in [0.717, 1.165) is 26.1 Å². The molecule has 1 amide bonds. The molecule has 4 heteroatoms. The summed E-state index contributed by atoms with van der Waals surface area (Å²) in [6, 6.07) is 1.07. The summed E-state index contributed by atoms with van der Waals surface area (Å²) >= 11 is 0. The van der Waals surface area contributed by atoms with E-state index in [1.54, 1.807) is 0 Å². The summed E-state index contributed by atoms with van der Waals surface area (Å²) in [5.41, 5.74) is 0. The summed E-state index contributed by atoms with van der Waals surface area (Å²) in [6.45, 7) is 10.5. The number of rotatable bonds is 8. The first-order valence-corrected chi connectivity index (χ1v) is 7.37. The standard InChI is InChI=1S/C14H29N3O/c1-4-17-10-6-7-13(17)11-16-14(18)8-5-9-15-12(2)3/h12-13,15H,4-11H2,1-3H3,(H,16,18). The fourth-order valence-electron chi connectivity index (χ4n) is 2.50. The largest absolute Gasteiger partial charge is 0.355 e. The second-order valence-corrected chi connectivity index (χ2v) is 5.44. The molecule has 106 valence electrons. The maximum absolute atomic E-state index is 11.7. The van der Waals surface area contributed by atoms with Crippen LogP contribution in [0.5, 0.6) is 0 Å². The van der Waals surface area contributed by atoms with Gasteiger partial charge < -0.3 is 10.6 Å². The Kier molecular flexibility index (Phi) is 7.28. The van der Waals surface area contributed by atoms with Crippen molar-refractivity contribution in [1.29, 1.82) is 0 Å².